The van der Waals surface area contributed by atoms with Gasteiger partial charge in [-0.05, 0) is 42.0 Å². The maximum atomic E-state index is 12.5. The van der Waals surface area contributed by atoms with Gasteiger partial charge in [0, 0.05) is 30.8 Å². The molecule has 6 nitrogen and oxygen atoms in total. The highest BCUT2D eigenvalue weighted by molar-refractivity contribution is 6.33. The molecule has 134 valence electrons. The van der Waals surface area contributed by atoms with Crippen LogP contribution in [0.4, 0.5) is 11.4 Å². The Labute approximate surface area is 156 Å². The predicted octanol–water partition coefficient (Wildman–Crippen LogP) is 2.46. The number of carbonyl (C=O) groups is 2. The van der Waals surface area contributed by atoms with Gasteiger partial charge in [-0.25, -0.2) is 0 Å². The second-order valence-corrected chi connectivity index (χ2v) is 6.72. The van der Waals surface area contributed by atoms with Crippen molar-refractivity contribution in [2.45, 2.75) is 6.42 Å². The minimum Gasteiger partial charge on any atom is -0.493 e. The molecule has 0 aromatic heterocycles. The lowest BCUT2D eigenvalue weighted by atomic mass is 10.1. The third-order valence-electron chi connectivity index (χ3n) is 4.54. The molecule has 2 aliphatic rings. The Bertz CT molecular complexity index is 884. The molecular formula is C19H18ClN3O3. The molecular weight excluding hydrogens is 354 g/mol. The van der Waals surface area contributed by atoms with Crippen molar-refractivity contribution in [1.82, 2.24) is 5.32 Å². The van der Waals surface area contributed by atoms with Crippen molar-refractivity contribution >= 4 is 34.8 Å². The van der Waals surface area contributed by atoms with E-state index >= 15 is 0 Å². The Balaban J connectivity index is 1.49. The second-order valence-electron chi connectivity index (χ2n) is 6.31. The van der Waals surface area contributed by atoms with Gasteiger partial charge in [0.1, 0.15) is 5.75 Å². The first-order valence-corrected chi connectivity index (χ1v) is 8.86. The summed E-state index contributed by atoms with van der Waals surface area (Å²) in [5, 5.41) is 6.15. The summed E-state index contributed by atoms with van der Waals surface area (Å²) in [7, 11) is 0. The molecule has 0 spiro atoms. The molecule has 0 radical (unpaired) electrons. The topological polar surface area (TPSA) is 70.7 Å². The van der Waals surface area contributed by atoms with Gasteiger partial charge in [0.05, 0.1) is 23.9 Å². The van der Waals surface area contributed by atoms with Gasteiger partial charge < -0.3 is 20.3 Å². The molecule has 0 saturated carbocycles. The highest BCUT2D eigenvalue weighted by Crippen LogP contribution is 2.30. The Hall–Kier alpha value is -2.73. The van der Waals surface area contributed by atoms with Crippen molar-refractivity contribution in [3.63, 3.8) is 0 Å². The second kappa shape index (κ2) is 6.88. The average molecular weight is 372 g/mol. The molecule has 1 fully saturated rings. The fourth-order valence-corrected chi connectivity index (χ4v) is 3.52. The zero-order chi connectivity index (χ0) is 18.1. The first-order chi connectivity index (χ1) is 12.6. The van der Waals surface area contributed by atoms with E-state index in [2.05, 4.69) is 10.6 Å². The quantitative estimate of drug-likeness (QED) is 0.869. The van der Waals surface area contributed by atoms with Crippen LogP contribution >= 0.6 is 11.6 Å². The standard InChI is InChI=1S/C19H18ClN3O3/c20-15-10-14(2-3-16(15)23-7-6-21-18(24)11-23)22-19(25)13-1-4-17-12(9-13)5-8-26-17/h1-4,9-10H,5-8,11H2,(H,21,24)(H,22,25). The van der Waals surface area contributed by atoms with Crippen LogP contribution in [0.2, 0.25) is 5.02 Å². The van der Waals surface area contributed by atoms with E-state index in [4.69, 9.17) is 16.3 Å². The van der Waals surface area contributed by atoms with Crippen LogP contribution in [-0.4, -0.2) is 38.1 Å². The van der Waals surface area contributed by atoms with Crippen molar-refractivity contribution in [2.24, 2.45) is 0 Å². The lowest BCUT2D eigenvalue weighted by Crippen LogP contribution is -2.47. The Morgan fingerprint density at radius 2 is 2.12 bits per heavy atom. The highest BCUT2D eigenvalue weighted by Gasteiger charge is 2.19. The third kappa shape index (κ3) is 3.32. The number of carbonyl (C=O) groups excluding carboxylic acids is 2. The van der Waals surface area contributed by atoms with E-state index in [-0.39, 0.29) is 18.4 Å². The number of amides is 2. The number of anilines is 2. The monoisotopic (exact) mass is 371 g/mol. The summed E-state index contributed by atoms with van der Waals surface area (Å²) in [6, 6.07) is 10.8. The molecule has 2 aromatic carbocycles. The molecule has 1 saturated heterocycles. The van der Waals surface area contributed by atoms with Crippen molar-refractivity contribution in [1.29, 1.82) is 0 Å². The van der Waals surface area contributed by atoms with E-state index in [1.165, 1.54) is 0 Å². The first kappa shape index (κ1) is 16.7. The lowest BCUT2D eigenvalue weighted by Gasteiger charge is -2.29. The van der Waals surface area contributed by atoms with E-state index in [1.54, 1.807) is 18.2 Å². The summed E-state index contributed by atoms with van der Waals surface area (Å²) in [6.07, 6.45) is 0.820. The van der Waals surface area contributed by atoms with Crippen LogP contribution in [0.3, 0.4) is 0 Å². The van der Waals surface area contributed by atoms with Gasteiger partial charge >= 0.3 is 0 Å². The van der Waals surface area contributed by atoms with Crippen molar-refractivity contribution < 1.29 is 14.3 Å². The van der Waals surface area contributed by atoms with Gasteiger partial charge in [-0.1, -0.05) is 11.6 Å². The molecule has 2 aliphatic heterocycles. The molecule has 0 atom stereocenters. The zero-order valence-electron chi connectivity index (χ0n) is 14.0. The number of halogens is 1. The predicted molar refractivity (Wildman–Crippen MR) is 100 cm³/mol. The van der Waals surface area contributed by atoms with E-state index in [9.17, 15) is 9.59 Å². The summed E-state index contributed by atoms with van der Waals surface area (Å²) in [5.74, 6) is 0.630. The van der Waals surface area contributed by atoms with E-state index < -0.39 is 0 Å². The summed E-state index contributed by atoms with van der Waals surface area (Å²) in [4.78, 5) is 26.0. The Morgan fingerprint density at radius 3 is 2.92 bits per heavy atom. The maximum absolute atomic E-state index is 12.5. The number of benzene rings is 2. The van der Waals surface area contributed by atoms with Gasteiger partial charge in [0.2, 0.25) is 5.91 Å². The normalized spacial score (nSPS) is 15.9. The minimum atomic E-state index is -0.194. The molecule has 0 aliphatic carbocycles. The van der Waals surface area contributed by atoms with Crippen LogP contribution in [0.25, 0.3) is 0 Å². The minimum absolute atomic E-state index is 0.0229. The van der Waals surface area contributed by atoms with Crippen LogP contribution in [0.1, 0.15) is 15.9 Å². The number of fused-ring (bicyclic) bond motifs is 1. The number of hydrogen-bond acceptors (Lipinski definition) is 4. The molecule has 2 N–H and O–H groups in total. The number of piperazine rings is 1. The largest absolute Gasteiger partial charge is 0.493 e. The lowest BCUT2D eigenvalue weighted by molar-refractivity contribution is -0.120. The summed E-state index contributed by atoms with van der Waals surface area (Å²) in [5.41, 5.74) is 3.03. The highest BCUT2D eigenvalue weighted by atomic mass is 35.5. The fraction of sp³-hybridized carbons (Fsp3) is 0.263. The van der Waals surface area contributed by atoms with Gasteiger partial charge in [-0.15, -0.1) is 0 Å². The SMILES string of the molecule is O=C1CN(c2ccc(NC(=O)c3ccc4c(c3)CCO4)cc2Cl)CCN1. The van der Waals surface area contributed by atoms with Crippen molar-refractivity contribution in [3.8, 4) is 5.75 Å². The molecule has 2 aromatic rings. The van der Waals surface area contributed by atoms with Crippen molar-refractivity contribution in [2.75, 3.05) is 36.5 Å². The van der Waals surface area contributed by atoms with Crippen LogP contribution in [0.5, 0.6) is 5.75 Å². The van der Waals surface area contributed by atoms with E-state index in [0.29, 0.717) is 36.0 Å². The van der Waals surface area contributed by atoms with Crippen molar-refractivity contribution in [3.05, 3.63) is 52.5 Å². The Kier molecular flexibility index (Phi) is 4.42. The number of hydrogen-bond donors (Lipinski definition) is 2. The van der Waals surface area contributed by atoms with Crippen LogP contribution in [0.15, 0.2) is 36.4 Å². The summed E-state index contributed by atoms with van der Waals surface area (Å²) < 4.78 is 5.46. The van der Waals surface area contributed by atoms with E-state index in [1.807, 2.05) is 23.1 Å². The zero-order valence-corrected chi connectivity index (χ0v) is 14.8. The van der Waals surface area contributed by atoms with Gasteiger partial charge in [-0.3, -0.25) is 9.59 Å². The van der Waals surface area contributed by atoms with Gasteiger partial charge in [0.25, 0.3) is 5.91 Å². The third-order valence-corrected chi connectivity index (χ3v) is 4.84. The number of rotatable bonds is 3. The first-order valence-electron chi connectivity index (χ1n) is 8.48. The molecule has 2 heterocycles. The number of ether oxygens (including phenoxy) is 1. The smallest absolute Gasteiger partial charge is 0.255 e. The molecule has 7 heteroatoms. The van der Waals surface area contributed by atoms with Crippen LogP contribution < -0.4 is 20.3 Å². The molecule has 0 bridgehead atoms. The molecule has 2 amide bonds. The molecule has 4 rings (SSSR count). The fourth-order valence-electron chi connectivity index (χ4n) is 3.22. The number of nitrogens with zero attached hydrogens (tertiary/aromatic N) is 1. The maximum Gasteiger partial charge on any atom is 0.255 e. The van der Waals surface area contributed by atoms with Crippen LogP contribution in [0, 0.1) is 0 Å². The van der Waals surface area contributed by atoms with Crippen LogP contribution in [-0.2, 0) is 11.2 Å². The van der Waals surface area contributed by atoms with Gasteiger partial charge in [0.15, 0.2) is 0 Å². The average Bonchev–Trinajstić information content (AvgIpc) is 3.09. The van der Waals surface area contributed by atoms with Gasteiger partial charge in [-0.2, -0.15) is 0 Å². The molecule has 26 heavy (non-hydrogen) atoms. The number of nitrogens with one attached hydrogen (secondary N) is 2. The molecule has 0 unspecified atom stereocenters. The summed E-state index contributed by atoms with van der Waals surface area (Å²) >= 11 is 6.38. The summed E-state index contributed by atoms with van der Waals surface area (Å²) in [6.45, 7) is 2.23. The van der Waals surface area contributed by atoms with E-state index in [0.717, 1.165) is 23.4 Å². The Morgan fingerprint density at radius 1 is 1.23 bits per heavy atom.